The molecule has 1 aliphatic carbocycles. The van der Waals surface area contributed by atoms with Crippen LogP contribution in [0.25, 0.3) is 0 Å². The van der Waals surface area contributed by atoms with Crippen molar-refractivity contribution >= 4 is 0 Å². The SMILES string of the molecule is CCCC1(C)C(N2CCNCC2)=C(CC)C(N2CCNCC2)=C(CF)C1(N1CCNCC1)N1CCNCC1. The summed E-state index contributed by atoms with van der Waals surface area (Å²) in [5, 5.41) is 14.4. The fourth-order valence-electron chi connectivity index (χ4n) is 8.53. The van der Waals surface area contributed by atoms with Crippen LogP contribution in [0.1, 0.15) is 40.0 Å². The van der Waals surface area contributed by atoms with Gasteiger partial charge in [0.2, 0.25) is 0 Å². The molecule has 0 amide bonds. The van der Waals surface area contributed by atoms with Crippen molar-refractivity contribution in [3.8, 4) is 0 Å². The second-order valence-corrected chi connectivity index (χ2v) is 11.8. The molecule has 0 spiro atoms. The van der Waals surface area contributed by atoms with Crippen molar-refractivity contribution < 1.29 is 4.39 Å². The fraction of sp³-hybridized carbons (Fsp3) is 0.862. The van der Waals surface area contributed by atoms with Gasteiger partial charge in [-0.25, -0.2) is 4.39 Å². The molecule has 0 aromatic heterocycles. The highest BCUT2D eigenvalue weighted by Crippen LogP contribution is 2.59. The van der Waals surface area contributed by atoms with Gasteiger partial charge in [0, 0.05) is 127 Å². The van der Waals surface area contributed by atoms with Crippen molar-refractivity contribution in [2.24, 2.45) is 5.41 Å². The Labute approximate surface area is 230 Å². The molecule has 4 saturated heterocycles. The Morgan fingerprint density at radius 1 is 0.684 bits per heavy atom. The van der Waals surface area contributed by atoms with Crippen molar-refractivity contribution in [2.45, 2.75) is 45.7 Å². The summed E-state index contributed by atoms with van der Waals surface area (Å²) in [4.78, 5) is 10.7. The van der Waals surface area contributed by atoms with E-state index in [1.165, 1.54) is 17.0 Å². The first-order valence-corrected chi connectivity index (χ1v) is 15.5. The average molecular weight is 533 g/mol. The third-order valence-corrected chi connectivity index (χ3v) is 9.82. The predicted octanol–water partition coefficient (Wildman–Crippen LogP) is 1.01. The topological polar surface area (TPSA) is 61.1 Å². The summed E-state index contributed by atoms with van der Waals surface area (Å²) in [6, 6.07) is 0. The monoisotopic (exact) mass is 532 g/mol. The van der Waals surface area contributed by atoms with E-state index in [4.69, 9.17) is 0 Å². The molecule has 4 heterocycles. The first kappa shape index (κ1) is 28.3. The molecular weight excluding hydrogens is 479 g/mol. The van der Waals surface area contributed by atoms with Gasteiger partial charge in [-0.1, -0.05) is 27.2 Å². The minimum Gasteiger partial charge on any atom is -0.371 e. The zero-order valence-electron chi connectivity index (χ0n) is 24.3. The molecule has 0 radical (unpaired) electrons. The molecule has 4 fully saturated rings. The number of hydrogen-bond donors (Lipinski definition) is 4. The van der Waals surface area contributed by atoms with Gasteiger partial charge in [0.1, 0.15) is 12.3 Å². The molecule has 1 atom stereocenters. The molecule has 1 unspecified atom stereocenters. The normalized spacial score (nSPS) is 30.3. The number of halogens is 1. The zero-order chi connectivity index (χ0) is 26.6. The second-order valence-electron chi connectivity index (χ2n) is 11.8. The van der Waals surface area contributed by atoms with Crippen LogP contribution in [0.2, 0.25) is 0 Å². The molecule has 5 rings (SSSR count). The van der Waals surface area contributed by atoms with E-state index in [1.807, 2.05) is 0 Å². The van der Waals surface area contributed by atoms with Gasteiger partial charge in [-0.15, -0.1) is 0 Å². The Bertz CT molecular complexity index is 833. The van der Waals surface area contributed by atoms with Gasteiger partial charge in [-0.3, -0.25) is 9.80 Å². The minimum atomic E-state index is -0.471. The number of piperazine rings is 4. The highest BCUT2D eigenvalue weighted by atomic mass is 19.1. The highest BCUT2D eigenvalue weighted by Gasteiger charge is 2.63. The Hall–Kier alpha value is -1.23. The zero-order valence-corrected chi connectivity index (χ0v) is 24.3. The number of allylic oxidation sites excluding steroid dienone is 1. The molecule has 4 N–H and O–H groups in total. The first-order valence-electron chi connectivity index (χ1n) is 15.5. The van der Waals surface area contributed by atoms with Crippen LogP contribution in [-0.2, 0) is 0 Å². The van der Waals surface area contributed by atoms with Crippen molar-refractivity contribution in [3.05, 3.63) is 22.5 Å². The Balaban J connectivity index is 1.83. The summed E-state index contributed by atoms with van der Waals surface area (Å²) < 4.78 is 16.1. The maximum atomic E-state index is 16.1. The van der Waals surface area contributed by atoms with Crippen molar-refractivity contribution in [3.63, 3.8) is 0 Å². The maximum absolute atomic E-state index is 16.1. The van der Waals surface area contributed by atoms with Crippen LogP contribution < -0.4 is 21.3 Å². The van der Waals surface area contributed by atoms with Crippen LogP contribution in [0.4, 0.5) is 4.39 Å². The van der Waals surface area contributed by atoms with E-state index in [0.717, 1.165) is 130 Å². The molecule has 9 heteroatoms. The summed E-state index contributed by atoms with van der Waals surface area (Å²) in [6.45, 7) is 22.4. The summed E-state index contributed by atoms with van der Waals surface area (Å²) in [7, 11) is 0. The van der Waals surface area contributed by atoms with Gasteiger partial charge in [0.15, 0.2) is 0 Å². The highest BCUT2D eigenvalue weighted by molar-refractivity contribution is 5.52. The first-order chi connectivity index (χ1) is 18.6. The van der Waals surface area contributed by atoms with Crippen LogP contribution in [0.3, 0.4) is 0 Å². The second kappa shape index (κ2) is 12.5. The van der Waals surface area contributed by atoms with Gasteiger partial charge in [0.05, 0.1) is 0 Å². The molecule has 216 valence electrons. The quantitative estimate of drug-likeness (QED) is 0.370. The number of alkyl halides is 1. The third-order valence-electron chi connectivity index (χ3n) is 9.82. The number of hydrogen-bond acceptors (Lipinski definition) is 8. The lowest BCUT2D eigenvalue weighted by Crippen LogP contribution is -2.76. The molecule has 8 nitrogen and oxygen atoms in total. The Kier molecular flexibility index (Phi) is 9.33. The molecule has 0 bridgehead atoms. The summed E-state index contributed by atoms with van der Waals surface area (Å²) >= 11 is 0. The van der Waals surface area contributed by atoms with E-state index in [9.17, 15) is 0 Å². The van der Waals surface area contributed by atoms with E-state index in [0.29, 0.717) is 0 Å². The van der Waals surface area contributed by atoms with Crippen LogP contribution in [0.5, 0.6) is 0 Å². The van der Waals surface area contributed by atoms with Gasteiger partial charge < -0.3 is 31.1 Å². The molecule has 0 aromatic rings. The predicted molar refractivity (Wildman–Crippen MR) is 154 cm³/mol. The third kappa shape index (κ3) is 4.71. The largest absolute Gasteiger partial charge is 0.371 e. The average Bonchev–Trinajstić information content (AvgIpc) is 2.98. The van der Waals surface area contributed by atoms with Gasteiger partial charge in [-0.2, -0.15) is 0 Å². The molecule has 4 aliphatic heterocycles. The summed E-state index contributed by atoms with van der Waals surface area (Å²) in [5.74, 6) is 0. The van der Waals surface area contributed by atoms with Gasteiger partial charge in [-0.05, 0) is 18.4 Å². The number of nitrogens with one attached hydrogen (secondary N) is 4. The Morgan fingerprint density at radius 2 is 1.13 bits per heavy atom. The lowest BCUT2D eigenvalue weighted by atomic mass is 9.60. The van der Waals surface area contributed by atoms with Gasteiger partial charge >= 0.3 is 0 Å². The molecule has 5 aliphatic rings. The lowest BCUT2D eigenvalue weighted by Gasteiger charge is -2.66. The van der Waals surface area contributed by atoms with Crippen LogP contribution in [-0.4, -0.2) is 137 Å². The minimum absolute atomic E-state index is 0.210. The Morgan fingerprint density at radius 3 is 1.55 bits per heavy atom. The van der Waals surface area contributed by atoms with E-state index in [-0.39, 0.29) is 12.1 Å². The molecule has 0 aromatic carbocycles. The summed E-state index contributed by atoms with van der Waals surface area (Å²) in [5.41, 5.74) is 4.55. The number of rotatable bonds is 8. The van der Waals surface area contributed by atoms with Crippen LogP contribution in [0.15, 0.2) is 22.5 Å². The summed E-state index contributed by atoms with van der Waals surface area (Å²) in [6.07, 6.45) is 3.09. The van der Waals surface area contributed by atoms with E-state index >= 15 is 4.39 Å². The van der Waals surface area contributed by atoms with Crippen molar-refractivity contribution in [2.75, 3.05) is 111 Å². The van der Waals surface area contributed by atoms with Crippen LogP contribution in [0, 0.1) is 5.41 Å². The standard InChI is InChI=1S/C29H53FN8/c1-4-6-28(3)27(36-17-9-32-10-18-36)24(5-2)26(35-15-7-31-8-16-35)25(23-30)29(28,37-19-11-33-12-20-37)38-21-13-34-14-22-38/h31-34H,4-23H2,1-3H3. The molecule has 0 saturated carbocycles. The van der Waals surface area contributed by atoms with Crippen LogP contribution >= 0.6 is 0 Å². The van der Waals surface area contributed by atoms with Crippen molar-refractivity contribution in [1.29, 1.82) is 0 Å². The number of nitrogens with zero attached hydrogens (tertiary/aromatic N) is 4. The van der Waals surface area contributed by atoms with E-state index in [2.05, 4.69) is 61.6 Å². The maximum Gasteiger partial charge on any atom is 0.116 e. The smallest absolute Gasteiger partial charge is 0.116 e. The van der Waals surface area contributed by atoms with Crippen molar-refractivity contribution in [1.82, 2.24) is 40.9 Å². The lowest BCUT2D eigenvalue weighted by molar-refractivity contribution is -0.130. The van der Waals surface area contributed by atoms with Gasteiger partial charge in [0.25, 0.3) is 0 Å². The molecular formula is C29H53FN8. The molecule has 38 heavy (non-hydrogen) atoms. The fourth-order valence-corrected chi connectivity index (χ4v) is 8.53. The van der Waals surface area contributed by atoms with E-state index < -0.39 is 5.66 Å². The van der Waals surface area contributed by atoms with E-state index in [1.54, 1.807) is 0 Å².